The van der Waals surface area contributed by atoms with Gasteiger partial charge in [0.2, 0.25) is 0 Å². The number of sulfone groups is 1. The van der Waals surface area contributed by atoms with Crippen molar-refractivity contribution in [1.29, 1.82) is 0 Å². The Labute approximate surface area is 101 Å². The van der Waals surface area contributed by atoms with Crippen molar-refractivity contribution in [1.82, 2.24) is 0 Å². The van der Waals surface area contributed by atoms with Crippen molar-refractivity contribution in [3.8, 4) is 0 Å². The number of hydrogen-bond acceptors (Lipinski definition) is 3. The highest BCUT2D eigenvalue weighted by atomic mass is 32.2. The van der Waals surface area contributed by atoms with Gasteiger partial charge in [-0.1, -0.05) is 24.3 Å². The van der Waals surface area contributed by atoms with Crippen molar-refractivity contribution in [2.45, 2.75) is 25.1 Å². The molecule has 1 aliphatic rings. The van der Waals surface area contributed by atoms with Crippen LogP contribution in [-0.4, -0.2) is 19.9 Å². The van der Waals surface area contributed by atoms with E-state index < -0.39 is 21.3 Å². The summed E-state index contributed by atoms with van der Waals surface area (Å²) in [5, 5.41) is 0. The van der Waals surface area contributed by atoms with Crippen LogP contribution in [0.15, 0.2) is 24.3 Å². The van der Waals surface area contributed by atoms with Crippen LogP contribution in [0.2, 0.25) is 0 Å². The number of halogens is 1. The van der Waals surface area contributed by atoms with Crippen molar-refractivity contribution in [2.75, 3.05) is 11.5 Å². The minimum Gasteiger partial charge on any atom is -0.326 e. The van der Waals surface area contributed by atoms with E-state index in [9.17, 15) is 12.8 Å². The molecule has 0 bridgehead atoms. The van der Waals surface area contributed by atoms with Gasteiger partial charge in [-0.2, -0.15) is 0 Å². The molecule has 1 saturated heterocycles. The molecule has 17 heavy (non-hydrogen) atoms. The summed E-state index contributed by atoms with van der Waals surface area (Å²) in [7, 11) is -3.26. The van der Waals surface area contributed by atoms with Gasteiger partial charge >= 0.3 is 0 Å². The highest BCUT2D eigenvalue weighted by Gasteiger charge is 2.40. The Morgan fingerprint density at radius 2 is 2.18 bits per heavy atom. The van der Waals surface area contributed by atoms with Gasteiger partial charge < -0.3 is 5.73 Å². The van der Waals surface area contributed by atoms with E-state index >= 15 is 0 Å². The summed E-state index contributed by atoms with van der Waals surface area (Å²) >= 11 is 0. The molecular formula is C12H16FNO2S. The molecule has 1 aromatic carbocycles. The molecule has 3 nitrogen and oxygen atoms in total. The molecule has 0 aromatic heterocycles. The van der Waals surface area contributed by atoms with Gasteiger partial charge in [0.25, 0.3) is 0 Å². The second kappa shape index (κ2) is 4.38. The largest absolute Gasteiger partial charge is 0.326 e. The topological polar surface area (TPSA) is 60.2 Å². The maximum Gasteiger partial charge on any atom is 0.153 e. The minimum atomic E-state index is -3.26. The summed E-state index contributed by atoms with van der Waals surface area (Å²) in [6, 6.07) is 6.84. The molecule has 1 aliphatic heterocycles. The first kappa shape index (κ1) is 12.5. The van der Waals surface area contributed by atoms with E-state index in [-0.39, 0.29) is 12.2 Å². The number of alkyl halides is 1. The first-order chi connectivity index (χ1) is 7.95. The number of nitrogens with two attached hydrogens (primary N) is 1. The molecule has 1 aromatic rings. The fourth-order valence-electron chi connectivity index (χ4n) is 2.27. The molecule has 5 heteroatoms. The van der Waals surface area contributed by atoms with Crippen LogP contribution in [0.5, 0.6) is 0 Å². The lowest BCUT2D eigenvalue weighted by Crippen LogP contribution is -2.36. The fourth-order valence-corrected chi connectivity index (χ4v) is 4.01. The third-order valence-electron chi connectivity index (χ3n) is 3.16. The summed E-state index contributed by atoms with van der Waals surface area (Å²) in [6.45, 7) is 0.330. The van der Waals surface area contributed by atoms with E-state index in [4.69, 9.17) is 5.73 Å². The Balaban J connectivity index is 2.37. The molecule has 1 heterocycles. The fraction of sp³-hybridized carbons (Fsp3) is 0.500. The summed E-state index contributed by atoms with van der Waals surface area (Å²) < 4.78 is 37.8. The lowest BCUT2D eigenvalue weighted by atomic mass is 9.91. The average molecular weight is 257 g/mol. The quantitative estimate of drug-likeness (QED) is 0.873. The van der Waals surface area contributed by atoms with Gasteiger partial charge in [-0.25, -0.2) is 12.8 Å². The maximum absolute atomic E-state index is 14.7. The Kier molecular flexibility index (Phi) is 3.23. The van der Waals surface area contributed by atoms with E-state index in [0.29, 0.717) is 18.5 Å². The summed E-state index contributed by atoms with van der Waals surface area (Å²) in [5.41, 5.74) is 5.01. The van der Waals surface area contributed by atoms with E-state index in [1.807, 2.05) is 6.07 Å². The normalized spacial score (nSPS) is 27.9. The molecule has 0 aliphatic carbocycles. The zero-order valence-electron chi connectivity index (χ0n) is 9.52. The molecular weight excluding hydrogens is 241 g/mol. The van der Waals surface area contributed by atoms with Crippen LogP contribution >= 0.6 is 0 Å². The van der Waals surface area contributed by atoms with Gasteiger partial charge in [0.05, 0.1) is 11.5 Å². The predicted molar refractivity (Wildman–Crippen MR) is 65.0 cm³/mol. The zero-order chi connectivity index (χ0) is 12.5. The van der Waals surface area contributed by atoms with Crippen molar-refractivity contribution < 1.29 is 12.8 Å². The standard InChI is InChI=1S/C12H16FNO2S/c13-12(5-2-6-17(15,16)9-12)11-4-1-3-10(7-11)8-14/h1,3-4,7H,2,5-6,8-9,14H2. The van der Waals surface area contributed by atoms with E-state index in [1.54, 1.807) is 18.2 Å². The van der Waals surface area contributed by atoms with Crippen molar-refractivity contribution in [3.05, 3.63) is 35.4 Å². The minimum absolute atomic E-state index is 0.0925. The van der Waals surface area contributed by atoms with Gasteiger partial charge in [-0.3, -0.25) is 0 Å². The monoisotopic (exact) mass is 257 g/mol. The summed E-state index contributed by atoms with van der Waals surface area (Å²) in [5.74, 6) is -0.316. The molecule has 1 atom stereocenters. The summed E-state index contributed by atoms with van der Waals surface area (Å²) in [4.78, 5) is 0. The molecule has 1 unspecified atom stereocenters. The van der Waals surface area contributed by atoms with Crippen molar-refractivity contribution >= 4 is 9.84 Å². The van der Waals surface area contributed by atoms with Crippen LogP contribution in [0.4, 0.5) is 4.39 Å². The van der Waals surface area contributed by atoms with Crippen molar-refractivity contribution in [3.63, 3.8) is 0 Å². The highest BCUT2D eigenvalue weighted by Crippen LogP contribution is 2.36. The SMILES string of the molecule is NCc1cccc(C2(F)CCCS(=O)(=O)C2)c1. The number of hydrogen-bond donors (Lipinski definition) is 1. The van der Waals surface area contributed by atoms with Gasteiger partial charge in [-0.15, -0.1) is 0 Å². The van der Waals surface area contributed by atoms with Crippen LogP contribution in [0.3, 0.4) is 0 Å². The first-order valence-corrected chi connectivity index (χ1v) is 7.46. The lowest BCUT2D eigenvalue weighted by Gasteiger charge is -2.29. The van der Waals surface area contributed by atoms with Gasteiger partial charge in [-0.05, 0) is 24.0 Å². The first-order valence-electron chi connectivity index (χ1n) is 5.64. The number of rotatable bonds is 2. The molecule has 2 rings (SSSR count). The highest BCUT2D eigenvalue weighted by molar-refractivity contribution is 7.91. The van der Waals surface area contributed by atoms with Gasteiger partial charge in [0.15, 0.2) is 9.84 Å². The van der Waals surface area contributed by atoms with Crippen LogP contribution in [0.25, 0.3) is 0 Å². The maximum atomic E-state index is 14.7. The molecule has 0 spiro atoms. The van der Waals surface area contributed by atoms with Crippen LogP contribution in [0, 0.1) is 0 Å². The molecule has 0 amide bonds. The van der Waals surface area contributed by atoms with Gasteiger partial charge in [0, 0.05) is 6.54 Å². The second-order valence-electron chi connectivity index (χ2n) is 4.57. The van der Waals surface area contributed by atoms with E-state index in [0.717, 1.165) is 5.56 Å². The van der Waals surface area contributed by atoms with Crippen LogP contribution < -0.4 is 5.73 Å². The van der Waals surface area contributed by atoms with E-state index in [1.165, 1.54) is 0 Å². The lowest BCUT2D eigenvalue weighted by molar-refractivity contribution is 0.173. The third-order valence-corrected chi connectivity index (χ3v) is 4.97. The number of benzene rings is 1. The van der Waals surface area contributed by atoms with Crippen molar-refractivity contribution in [2.24, 2.45) is 5.73 Å². The molecule has 94 valence electrons. The molecule has 0 radical (unpaired) electrons. The molecule has 2 N–H and O–H groups in total. The Morgan fingerprint density at radius 3 is 2.82 bits per heavy atom. The Bertz CT molecular complexity index is 515. The second-order valence-corrected chi connectivity index (χ2v) is 6.75. The van der Waals surface area contributed by atoms with E-state index in [2.05, 4.69) is 0 Å². The predicted octanol–water partition coefficient (Wildman–Crippen LogP) is 1.52. The van der Waals surface area contributed by atoms with Gasteiger partial charge in [0.1, 0.15) is 5.67 Å². The Hall–Kier alpha value is -0.940. The molecule has 0 saturated carbocycles. The smallest absolute Gasteiger partial charge is 0.153 e. The zero-order valence-corrected chi connectivity index (χ0v) is 10.3. The third kappa shape index (κ3) is 2.66. The summed E-state index contributed by atoms with van der Waals surface area (Å²) in [6.07, 6.45) is 0.645. The Morgan fingerprint density at radius 1 is 1.41 bits per heavy atom. The average Bonchev–Trinajstić information content (AvgIpc) is 2.27. The van der Waals surface area contributed by atoms with Crippen LogP contribution in [0.1, 0.15) is 24.0 Å². The van der Waals surface area contributed by atoms with Crippen LogP contribution in [-0.2, 0) is 22.1 Å². The molecule has 1 fully saturated rings.